The van der Waals surface area contributed by atoms with Crippen molar-refractivity contribution in [3.63, 3.8) is 0 Å². The number of carbonyl (C=O) groups excluding carboxylic acids is 1. The molecule has 0 amide bonds. The maximum Gasteiger partial charge on any atom is 0.204 e. The van der Waals surface area contributed by atoms with Crippen LogP contribution in [0.3, 0.4) is 0 Å². The molecule has 3 nitrogen and oxygen atoms in total. The predicted molar refractivity (Wildman–Crippen MR) is 64.7 cm³/mol. The Bertz CT molecular complexity index is 303. The number of nitrogens with one attached hydrogen (secondary N) is 2. The SMILES string of the molecule is CCNN[C@@H](Cc1ccccc1)C(=O)S. The molecule has 0 aromatic heterocycles. The summed E-state index contributed by atoms with van der Waals surface area (Å²) in [5.41, 5.74) is 6.99. The van der Waals surface area contributed by atoms with Crippen LogP contribution in [0.15, 0.2) is 30.3 Å². The van der Waals surface area contributed by atoms with Gasteiger partial charge in [-0.25, -0.2) is 5.43 Å². The van der Waals surface area contributed by atoms with Crippen LogP contribution in [0.25, 0.3) is 0 Å². The first kappa shape index (κ1) is 12.2. The minimum absolute atomic E-state index is 0.153. The summed E-state index contributed by atoms with van der Waals surface area (Å²) in [6.07, 6.45) is 0.649. The van der Waals surface area contributed by atoms with Crippen molar-refractivity contribution in [1.82, 2.24) is 10.9 Å². The summed E-state index contributed by atoms with van der Waals surface area (Å²) in [6.45, 7) is 2.74. The quantitative estimate of drug-likeness (QED) is 0.502. The lowest BCUT2D eigenvalue weighted by atomic mass is 10.1. The van der Waals surface area contributed by atoms with Gasteiger partial charge in [0, 0.05) is 6.54 Å². The summed E-state index contributed by atoms with van der Waals surface area (Å²) in [7, 11) is 0. The Labute approximate surface area is 95.6 Å². The van der Waals surface area contributed by atoms with Crippen molar-refractivity contribution in [2.75, 3.05) is 6.54 Å². The first-order valence-electron chi connectivity index (χ1n) is 4.99. The van der Waals surface area contributed by atoms with Gasteiger partial charge in [-0.05, 0) is 12.0 Å². The van der Waals surface area contributed by atoms with Crippen LogP contribution < -0.4 is 10.9 Å². The van der Waals surface area contributed by atoms with E-state index in [0.717, 1.165) is 12.1 Å². The van der Waals surface area contributed by atoms with Gasteiger partial charge in [0.05, 0.1) is 6.04 Å². The second-order valence-corrected chi connectivity index (χ2v) is 3.70. The standard InChI is InChI=1S/C11H16N2OS/c1-2-12-13-10(11(14)15)8-9-6-4-3-5-7-9/h3-7,10,12-13H,2,8H2,1H3,(H,14,15)/t10-/m0/s1. The Morgan fingerprint density at radius 3 is 2.60 bits per heavy atom. The van der Waals surface area contributed by atoms with Crippen molar-refractivity contribution >= 4 is 17.7 Å². The second kappa shape index (κ2) is 6.61. The van der Waals surface area contributed by atoms with Crippen molar-refractivity contribution < 1.29 is 4.79 Å². The highest BCUT2D eigenvalue weighted by Crippen LogP contribution is 2.04. The molecule has 82 valence electrons. The van der Waals surface area contributed by atoms with E-state index in [2.05, 4.69) is 23.5 Å². The minimum Gasteiger partial charge on any atom is -0.286 e. The molecule has 0 aliphatic carbocycles. The van der Waals surface area contributed by atoms with Crippen molar-refractivity contribution in [2.24, 2.45) is 0 Å². The third-order valence-electron chi connectivity index (χ3n) is 2.03. The molecule has 0 aliphatic rings. The number of hydrogen-bond acceptors (Lipinski definition) is 3. The Balaban J connectivity index is 2.55. The first-order chi connectivity index (χ1) is 7.24. The minimum atomic E-state index is -0.282. The van der Waals surface area contributed by atoms with E-state index in [4.69, 9.17) is 0 Å². The molecular formula is C11H16N2OS. The summed E-state index contributed by atoms with van der Waals surface area (Å²) in [4.78, 5) is 11.2. The van der Waals surface area contributed by atoms with Crippen molar-refractivity contribution in [1.29, 1.82) is 0 Å². The van der Waals surface area contributed by atoms with E-state index >= 15 is 0 Å². The average Bonchev–Trinajstić information content (AvgIpc) is 2.25. The highest BCUT2D eigenvalue weighted by Gasteiger charge is 2.14. The van der Waals surface area contributed by atoms with Gasteiger partial charge in [0.1, 0.15) is 0 Å². The summed E-state index contributed by atoms with van der Waals surface area (Å²) < 4.78 is 0. The summed E-state index contributed by atoms with van der Waals surface area (Å²) in [5, 5.41) is -0.153. The third-order valence-corrected chi connectivity index (χ3v) is 2.35. The Morgan fingerprint density at radius 2 is 2.07 bits per heavy atom. The van der Waals surface area contributed by atoms with Gasteiger partial charge in [0.15, 0.2) is 0 Å². The van der Waals surface area contributed by atoms with Gasteiger partial charge in [-0.2, -0.15) is 0 Å². The monoisotopic (exact) mass is 224 g/mol. The summed E-state index contributed by atoms with van der Waals surface area (Å²) >= 11 is 3.85. The number of rotatable bonds is 6. The molecule has 4 heteroatoms. The average molecular weight is 224 g/mol. The molecule has 2 N–H and O–H groups in total. The zero-order chi connectivity index (χ0) is 11.1. The van der Waals surface area contributed by atoms with Crippen molar-refractivity contribution in [3.05, 3.63) is 35.9 Å². The lowest BCUT2D eigenvalue weighted by molar-refractivity contribution is -0.112. The normalized spacial score (nSPS) is 12.4. The first-order valence-corrected chi connectivity index (χ1v) is 5.44. The van der Waals surface area contributed by atoms with Gasteiger partial charge >= 0.3 is 0 Å². The molecule has 0 fully saturated rings. The van der Waals surface area contributed by atoms with E-state index < -0.39 is 0 Å². The molecule has 1 rings (SSSR count). The van der Waals surface area contributed by atoms with E-state index in [1.165, 1.54) is 0 Å². The fourth-order valence-corrected chi connectivity index (χ4v) is 1.43. The smallest absolute Gasteiger partial charge is 0.204 e. The molecule has 15 heavy (non-hydrogen) atoms. The molecule has 0 radical (unpaired) electrons. The van der Waals surface area contributed by atoms with Crippen LogP contribution in [-0.2, 0) is 11.2 Å². The lowest BCUT2D eigenvalue weighted by Crippen LogP contribution is -2.45. The number of carbonyl (C=O) groups is 1. The zero-order valence-corrected chi connectivity index (χ0v) is 9.63. The number of hydrogen-bond donors (Lipinski definition) is 3. The highest BCUT2D eigenvalue weighted by atomic mass is 32.1. The van der Waals surface area contributed by atoms with Gasteiger partial charge in [0.25, 0.3) is 0 Å². The van der Waals surface area contributed by atoms with Crippen LogP contribution in [0.1, 0.15) is 12.5 Å². The van der Waals surface area contributed by atoms with Crippen LogP contribution in [0.5, 0.6) is 0 Å². The maximum atomic E-state index is 11.2. The van der Waals surface area contributed by atoms with Crippen LogP contribution in [-0.4, -0.2) is 17.7 Å². The predicted octanol–water partition coefficient (Wildman–Crippen LogP) is 1.17. The van der Waals surface area contributed by atoms with Gasteiger partial charge in [-0.3, -0.25) is 10.2 Å². The molecule has 1 atom stereocenters. The fourth-order valence-electron chi connectivity index (χ4n) is 1.28. The molecule has 1 aromatic carbocycles. The Morgan fingerprint density at radius 1 is 1.40 bits per heavy atom. The molecule has 0 saturated carbocycles. The number of hydrazine groups is 1. The maximum absolute atomic E-state index is 11.2. The Kier molecular flexibility index (Phi) is 5.39. The second-order valence-electron chi connectivity index (χ2n) is 3.26. The van der Waals surface area contributed by atoms with Crippen LogP contribution >= 0.6 is 12.6 Å². The van der Waals surface area contributed by atoms with Crippen LogP contribution in [0.2, 0.25) is 0 Å². The zero-order valence-electron chi connectivity index (χ0n) is 8.73. The van der Waals surface area contributed by atoms with E-state index in [9.17, 15) is 4.79 Å². The topological polar surface area (TPSA) is 41.1 Å². The molecule has 0 unspecified atom stereocenters. The molecule has 0 heterocycles. The van der Waals surface area contributed by atoms with Gasteiger partial charge in [-0.1, -0.05) is 37.3 Å². The van der Waals surface area contributed by atoms with Gasteiger partial charge in [0.2, 0.25) is 5.12 Å². The summed E-state index contributed by atoms with van der Waals surface area (Å²) in [5.74, 6) is 0. The number of benzene rings is 1. The van der Waals surface area contributed by atoms with E-state index in [1.807, 2.05) is 37.3 Å². The molecule has 0 spiro atoms. The number of thiol groups is 1. The van der Waals surface area contributed by atoms with Crippen LogP contribution in [0.4, 0.5) is 0 Å². The molecule has 1 aromatic rings. The molecular weight excluding hydrogens is 208 g/mol. The van der Waals surface area contributed by atoms with E-state index in [1.54, 1.807) is 0 Å². The fraction of sp³-hybridized carbons (Fsp3) is 0.364. The van der Waals surface area contributed by atoms with Crippen molar-refractivity contribution in [2.45, 2.75) is 19.4 Å². The molecule has 0 bridgehead atoms. The molecule has 0 saturated heterocycles. The molecule has 0 aliphatic heterocycles. The lowest BCUT2D eigenvalue weighted by Gasteiger charge is -2.15. The van der Waals surface area contributed by atoms with Crippen LogP contribution in [0, 0.1) is 0 Å². The van der Waals surface area contributed by atoms with E-state index in [-0.39, 0.29) is 11.2 Å². The van der Waals surface area contributed by atoms with E-state index in [0.29, 0.717) is 6.42 Å². The summed E-state index contributed by atoms with van der Waals surface area (Å²) in [6, 6.07) is 9.59. The van der Waals surface area contributed by atoms with Gasteiger partial charge < -0.3 is 0 Å². The van der Waals surface area contributed by atoms with Crippen molar-refractivity contribution in [3.8, 4) is 0 Å². The Hall–Kier alpha value is -0.840. The highest BCUT2D eigenvalue weighted by molar-refractivity contribution is 7.96. The third kappa shape index (κ3) is 4.46. The van der Waals surface area contributed by atoms with Gasteiger partial charge in [-0.15, -0.1) is 12.6 Å². The largest absolute Gasteiger partial charge is 0.286 e.